The second-order valence-electron chi connectivity index (χ2n) is 5.84. The summed E-state index contributed by atoms with van der Waals surface area (Å²) in [4.78, 5) is 16.1. The Morgan fingerprint density at radius 1 is 1.30 bits per heavy atom. The first-order valence-electron chi connectivity index (χ1n) is 8.19. The summed E-state index contributed by atoms with van der Waals surface area (Å²) >= 11 is 0.990. The summed E-state index contributed by atoms with van der Waals surface area (Å²) < 4.78 is 29.1. The molecule has 2 aromatic heterocycles. The van der Waals surface area contributed by atoms with Crippen LogP contribution in [-0.2, 0) is 0 Å². The second-order valence-corrected chi connectivity index (χ2v) is 6.89. The molecule has 1 unspecified atom stereocenters. The minimum absolute atomic E-state index is 0.108. The predicted octanol–water partition coefficient (Wildman–Crippen LogP) is 4.37. The number of anilines is 2. The molecule has 8 heteroatoms. The quantitative estimate of drug-likeness (QED) is 0.584. The van der Waals surface area contributed by atoms with Gasteiger partial charge in [-0.3, -0.25) is 4.79 Å². The maximum atomic E-state index is 14.6. The second kappa shape index (κ2) is 7.81. The molecule has 27 heavy (non-hydrogen) atoms. The van der Waals surface area contributed by atoms with Gasteiger partial charge in [0, 0.05) is 11.1 Å². The first kappa shape index (κ1) is 18.9. The zero-order valence-electron chi connectivity index (χ0n) is 14.4. The van der Waals surface area contributed by atoms with Crippen molar-refractivity contribution in [2.75, 3.05) is 5.32 Å². The summed E-state index contributed by atoms with van der Waals surface area (Å²) in [6, 6.07) is 8.72. The number of aliphatic hydroxyl groups is 1. The smallest absolute Gasteiger partial charge is 0.251 e. The van der Waals surface area contributed by atoms with E-state index in [0.717, 1.165) is 23.5 Å². The molecule has 0 aliphatic heterocycles. The number of hydrogen-bond acceptors (Lipinski definition) is 5. The van der Waals surface area contributed by atoms with E-state index in [0.29, 0.717) is 17.2 Å². The lowest BCUT2D eigenvalue weighted by Gasteiger charge is -2.11. The highest BCUT2D eigenvalue weighted by atomic mass is 32.1. The standard InChI is InChI=1S/C19H17F2N3O2S/c1-2-14(25)10-7-12(20)17(13(21)8-10)15-9-11(18(22)26)19(27-15)24-16-5-3-4-6-23-16/h3-9,14,25H,2H2,1H3,(H2,22,26)(H,23,24). The number of carbonyl (C=O) groups is 1. The van der Waals surface area contributed by atoms with E-state index in [9.17, 15) is 18.7 Å². The fourth-order valence-corrected chi connectivity index (χ4v) is 3.72. The van der Waals surface area contributed by atoms with Crippen LogP contribution in [0.4, 0.5) is 19.6 Å². The molecule has 0 spiro atoms. The van der Waals surface area contributed by atoms with Gasteiger partial charge in [0.15, 0.2) is 0 Å². The van der Waals surface area contributed by atoms with Crippen LogP contribution in [0.1, 0.15) is 35.4 Å². The van der Waals surface area contributed by atoms with Crippen LogP contribution in [-0.4, -0.2) is 16.0 Å². The van der Waals surface area contributed by atoms with Crippen molar-refractivity contribution in [3.05, 3.63) is 65.4 Å². The highest BCUT2D eigenvalue weighted by molar-refractivity contribution is 7.20. The average molecular weight is 389 g/mol. The summed E-state index contributed by atoms with van der Waals surface area (Å²) in [5, 5.41) is 13.1. The Morgan fingerprint density at radius 2 is 2.00 bits per heavy atom. The van der Waals surface area contributed by atoms with E-state index >= 15 is 0 Å². The number of halogens is 2. The number of nitrogens with two attached hydrogens (primary N) is 1. The van der Waals surface area contributed by atoms with E-state index in [1.807, 2.05) is 0 Å². The Morgan fingerprint density at radius 3 is 2.56 bits per heavy atom. The molecule has 3 rings (SSSR count). The fraction of sp³-hybridized carbons (Fsp3) is 0.158. The van der Waals surface area contributed by atoms with Crippen LogP contribution in [0, 0.1) is 11.6 Å². The normalized spacial score (nSPS) is 12.0. The summed E-state index contributed by atoms with van der Waals surface area (Å²) in [5.41, 5.74) is 5.40. The lowest BCUT2D eigenvalue weighted by molar-refractivity contribution is 0.100. The molecule has 0 aliphatic carbocycles. The number of hydrogen-bond donors (Lipinski definition) is 3. The van der Waals surface area contributed by atoms with Crippen LogP contribution in [0.2, 0.25) is 0 Å². The molecule has 0 bridgehead atoms. The number of carbonyl (C=O) groups excluding carboxylic acids is 1. The highest BCUT2D eigenvalue weighted by Crippen LogP contribution is 2.39. The van der Waals surface area contributed by atoms with Crippen LogP contribution in [0.15, 0.2) is 42.6 Å². The Bertz CT molecular complexity index is 953. The SMILES string of the molecule is CCC(O)c1cc(F)c(-c2cc(C(N)=O)c(Nc3ccccn3)s2)c(F)c1. The Hall–Kier alpha value is -2.84. The molecule has 4 N–H and O–H groups in total. The van der Waals surface area contributed by atoms with Gasteiger partial charge in [-0.15, -0.1) is 11.3 Å². The number of aliphatic hydroxyl groups excluding tert-OH is 1. The van der Waals surface area contributed by atoms with Crippen molar-refractivity contribution >= 4 is 28.1 Å². The Labute approximate surface area is 158 Å². The van der Waals surface area contributed by atoms with Crippen LogP contribution < -0.4 is 11.1 Å². The van der Waals surface area contributed by atoms with Crippen LogP contribution in [0.5, 0.6) is 0 Å². The molecular formula is C19H17F2N3O2S. The summed E-state index contributed by atoms with van der Waals surface area (Å²) in [6.45, 7) is 1.71. The molecule has 2 heterocycles. The largest absolute Gasteiger partial charge is 0.388 e. The van der Waals surface area contributed by atoms with Crippen LogP contribution in [0.25, 0.3) is 10.4 Å². The summed E-state index contributed by atoms with van der Waals surface area (Å²) in [6.07, 6.45) is 0.952. The zero-order valence-corrected chi connectivity index (χ0v) is 15.2. The molecule has 1 atom stereocenters. The molecule has 5 nitrogen and oxygen atoms in total. The highest BCUT2D eigenvalue weighted by Gasteiger charge is 2.21. The third kappa shape index (κ3) is 3.96. The zero-order chi connectivity index (χ0) is 19.6. The van der Waals surface area contributed by atoms with Gasteiger partial charge in [-0.05, 0) is 42.3 Å². The van der Waals surface area contributed by atoms with E-state index in [4.69, 9.17) is 5.73 Å². The van der Waals surface area contributed by atoms with Gasteiger partial charge in [-0.1, -0.05) is 13.0 Å². The monoisotopic (exact) mass is 389 g/mol. The third-order valence-corrected chi connectivity index (χ3v) is 5.05. The molecule has 0 radical (unpaired) electrons. The molecule has 0 saturated carbocycles. The number of aromatic nitrogens is 1. The fourth-order valence-electron chi connectivity index (χ4n) is 2.60. The maximum Gasteiger partial charge on any atom is 0.251 e. The lowest BCUT2D eigenvalue weighted by atomic mass is 10.0. The first-order chi connectivity index (χ1) is 12.9. The first-order valence-corrected chi connectivity index (χ1v) is 9.01. The number of nitrogens with one attached hydrogen (secondary N) is 1. The number of benzene rings is 1. The van der Waals surface area contributed by atoms with Gasteiger partial charge in [0.05, 0.1) is 17.2 Å². The number of amides is 1. The van der Waals surface area contributed by atoms with Crippen LogP contribution >= 0.6 is 11.3 Å². The average Bonchev–Trinajstić information content (AvgIpc) is 3.04. The van der Waals surface area contributed by atoms with Crippen molar-refractivity contribution in [2.45, 2.75) is 19.4 Å². The molecule has 1 aromatic carbocycles. The number of pyridine rings is 1. The molecular weight excluding hydrogens is 372 g/mol. The van der Waals surface area contributed by atoms with Crippen LogP contribution in [0.3, 0.4) is 0 Å². The van der Waals surface area contributed by atoms with Gasteiger partial charge in [0.2, 0.25) is 0 Å². The lowest BCUT2D eigenvalue weighted by Crippen LogP contribution is -2.11. The van der Waals surface area contributed by atoms with E-state index in [-0.39, 0.29) is 21.6 Å². The Kier molecular flexibility index (Phi) is 5.48. The summed E-state index contributed by atoms with van der Waals surface area (Å²) in [5.74, 6) is -1.90. The van der Waals surface area contributed by atoms with Crippen molar-refractivity contribution in [2.24, 2.45) is 5.73 Å². The summed E-state index contributed by atoms with van der Waals surface area (Å²) in [7, 11) is 0. The van der Waals surface area contributed by atoms with Gasteiger partial charge in [0.25, 0.3) is 5.91 Å². The third-order valence-electron chi connectivity index (χ3n) is 3.99. The molecule has 0 aliphatic rings. The van der Waals surface area contributed by atoms with E-state index < -0.39 is 23.6 Å². The van der Waals surface area contributed by atoms with Crippen molar-refractivity contribution in [1.29, 1.82) is 0 Å². The van der Waals surface area contributed by atoms with Gasteiger partial charge in [-0.25, -0.2) is 13.8 Å². The number of primary amides is 1. The minimum atomic E-state index is -0.950. The number of nitrogens with zero attached hydrogens (tertiary/aromatic N) is 1. The molecule has 3 aromatic rings. The van der Waals surface area contributed by atoms with E-state index in [1.165, 1.54) is 6.07 Å². The van der Waals surface area contributed by atoms with Crippen molar-refractivity contribution in [3.8, 4) is 10.4 Å². The van der Waals surface area contributed by atoms with Crippen molar-refractivity contribution < 1.29 is 18.7 Å². The molecule has 1 amide bonds. The molecule has 0 fully saturated rings. The maximum absolute atomic E-state index is 14.6. The minimum Gasteiger partial charge on any atom is -0.388 e. The number of thiophene rings is 1. The topological polar surface area (TPSA) is 88.2 Å². The van der Waals surface area contributed by atoms with Crippen molar-refractivity contribution in [1.82, 2.24) is 4.98 Å². The molecule has 140 valence electrons. The van der Waals surface area contributed by atoms with Gasteiger partial charge in [0.1, 0.15) is 22.5 Å². The predicted molar refractivity (Wildman–Crippen MR) is 101 cm³/mol. The van der Waals surface area contributed by atoms with E-state index in [2.05, 4.69) is 10.3 Å². The van der Waals surface area contributed by atoms with Gasteiger partial charge in [-0.2, -0.15) is 0 Å². The number of rotatable bonds is 6. The van der Waals surface area contributed by atoms with Gasteiger partial charge >= 0.3 is 0 Å². The van der Waals surface area contributed by atoms with E-state index in [1.54, 1.807) is 31.3 Å². The molecule has 0 saturated heterocycles. The van der Waals surface area contributed by atoms with Gasteiger partial charge < -0.3 is 16.2 Å². The van der Waals surface area contributed by atoms with Crippen molar-refractivity contribution in [3.63, 3.8) is 0 Å². The Balaban J connectivity index is 2.05.